The zero-order valence-electron chi connectivity index (χ0n) is 13.2. The molecule has 0 spiro atoms. The molecule has 0 aliphatic heterocycles. The van der Waals surface area contributed by atoms with Gasteiger partial charge in [0.25, 0.3) is 0 Å². The van der Waals surface area contributed by atoms with Gasteiger partial charge in [0.2, 0.25) is 0 Å². The summed E-state index contributed by atoms with van der Waals surface area (Å²) in [4.78, 5) is 26.5. The van der Waals surface area contributed by atoms with Gasteiger partial charge < -0.3 is 14.9 Å². The molecule has 116 valence electrons. The first-order valence-corrected chi connectivity index (χ1v) is 7.14. The topological polar surface area (TPSA) is 60.9 Å². The van der Waals surface area contributed by atoms with E-state index in [0.717, 1.165) is 11.1 Å². The second-order valence-corrected chi connectivity index (χ2v) is 5.36. The number of nitrogens with zero attached hydrogens (tertiary/aromatic N) is 2. The molecule has 0 aliphatic rings. The Morgan fingerprint density at radius 2 is 2.00 bits per heavy atom. The number of rotatable bonds is 6. The molecule has 0 heterocycles. The molecule has 0 radical (unpaired) electrons. The molecule has 5 heteroatoms. The number of carbonyl (C=O) groups excluding carboxylic acids is 1. The van der Waals surface area contributed by atoms with Crippen LogP contribution in [0.1, 0.15) is 31.4 Å². The van der Waals surface area contributed by atoms with E-state index in [1.165, 1.54) is 0 Å². The van der Waals surface area contributed by atoms with Crippen molar-refractivity contribution in [1.29, 1.82) is 0 Å². The van der Waals surface area contributed by atoms with Crippen molar-refractivity contribution >= 4 is 12.0 Å². The lowest BCUT2D eigenvalue weighted by molar-refractivity contribution is -0.138. The van der Waals surface area contributed by atoms with E-state index in [0.29, 0.717) is 13.1 Å². The Hall–Kier alpha value is -2.04. The average Bonchev–Trinajstić information content (AvgIpc) is 2.38. The van der Waals surface area contributed by atoms with Gasteiger partial charge >= 0.3 is 12.0 Å². The van der Waals surface area contributed by atoms with Crippen LogP contribution in [0.25, 0.3) is 0 Å². The summed E-state index contributed by atoms with van der Waals surface area (Å²) in [6.45, 7) is 6.63. The number of amides is 2. The van der Waals surface area contributed by atoms with Gasteiger partial charge in [-0.2, -0.15) is 0 Å². The molecule has 0 saturated carbocycles. The third-order valence-electron chi connectivity index (χ3n) is 3.42. The number of hydrogen-bond acceptors (Lipinski definition) is 2. The van der Waals surface area contributed by atoms with Gasteiger partial charge in [-0.15, -0.1) is 0 Å². The van der Waals surface area contributed by atoms with E-state index in [9.17, 15) is 9.59 Å². The van der Waals surface area contributed by atoms with Crippen LogP contribution < -0.4 is 0 Å². The number of aryl methyl sites for hydroxylation is 1. The highest BCUT2D eigenvalue weighted by molar-refractivity contribution is 5.75. The van der Waals surface area contributed by atoms with Crippen molar-refractivity contribution in [3.8, 4) is 0 Å². The maximum atomic E-state index is 12.4. The van der Waals surface area contributed by atoms with Crippen LogP contribution in [0.3, 0.4) is 0 Å². The van der Waals surface area contributed by atoms with E-state index in [4.69, 9.17) is 5.11 Å². The molecule has 1 unspecified atom stereocenters. The molecular weight excluding hydrogens is 268 g/mol. The summed E-state index contributed by atoms with van der Waals surface area (Å²) < 4.78 is 0. The van der Waals surface area contributed by atoms with E-state index in [1.54, 1.807) is 23.8 Å². The highest BCUT2D eigenvalue weighted by Crippen LogP contribution is 2.11. The molecule has 1 atom stereocenters. The first kappa shape index (κ1) is 17.0. The number of carboxylic acid groups (broad SMARTS) is 1. The third-order valence-corrected chi connectivity index (χ3v) is 3.42. The van der Waals surface area contributed by atoms with Gasteiger partial charge in [0, 0.05) is 26.2 Å². The third kappa shape index (κ3) is 5.10. The quantitative estimate of drug-likeness (QED) is 0.877. The van der Waals surface area contributed by atoms with Crippen molar-refractivity contribution in [2.24, 2.45) is 0 Å². The maximum Gasteiger partial charge on any atom is 0.320 e. The molecule has 1 aromatic rings. The number of urea groups is 1. The van der Waals surface area contributed by atoms with Crippen molar-refractivity contribution in [3.05, 3.63) is 35.4 Å². The Balaban J connectivity index is 2.73. The largest absolute Gasteiger partial charge is 0.481 e. The van der Waals surface area contributed by atoms with E-state index >= 15 is 0 Å². The van der Waals surface area contributed by atoms with Crippen molar-refractivity contribution < 1.29 is 14.7 Å². The fraction of sp³-hybridized carbons (Fsp3) is 0.500. The minimum Gasteiger partial charge on any atom is -0.481 e. The standard InChI is InChI=1S/C16H24N2O3/c1-5-18(13(3)10-15(19)20)16(21)17(4)11-14-8-6-7-12(2)9-14/h6-9,13H,5,10-11H2,1-4H3,(H,19,20). The van der Waals surface area contributed by atoms with Gasteiger partial charge in [-0.3, -0.25) is 4.79 Å². The van der Waals surface area contributed by atoms with Gasteiger partial charge in [-0.1, -0.05) is 29.8 Å². The van der Waals surface area contributed by atoms with Crippen molar-refractivity contribution in [2.45, 2.75) is 39.8 Å². The van der Waals surface area contributed by atoms with E-state index in [1.807, 2.05) is 38.1 Å². The van der Waals surface area contributed by atoms with Gasteiger partial charge in [-0.25, -0.2) is 4.79 Å². The summed E-state index contributed by atoms with van der Waals surface area (Å²) in [5.41, 5.74) is 2.22. The van der Waals surface area contributed by atoms with E-state index < -0.39 is 5.97 Å². The number of carbonyl (C=O) groups is 2. The van der Waals surface area contributed by atoms with Crippen LogP contribution in [-0.2, 0) is 11.3 Å². The first-order chi connectivity index (χ1) is 9.85. The number of hydrogen-bond donors (Lipinski definition) is 1. The molecule has 0 aromatic heterocycles. The molecule has 2 amide bonds. The fourth-order valence-electron chi connectivity index (χ4n) is 2.37. The molecule has 5 nitrogen and oxygen atoms in total. The molecule has 21 heavy (non-hydrogen) atoms. The summed E-state index contributed by atoms with van der Waals surface area (Å²) >= 11 is 0. The summed E-state index contributed by atoms with van der Waals surface area (Å²) in [6.07, 6.45) is -0.0438. The average molecular weight is 292 g/mol. The smallest absolute Gasteiger partial charge is 0.320 e. The minimum absolute atomic E-state index is 0.0438. The molecule has 0 bridgehead atoms. The lowest BCUT2D eigenvalue weighted by atomic mass is 10.1. The van der Waals surface area contributed by atoms with E-state index in [-0.39, 0.29) is 18.5 Å². The van der Waals surface area contributed by atoms with Crippen LogP contribution >= 0.6 is 0 Å². The number of carboxylic acids is 1. The van der Waals surface area contributed by atoms with Gasteiger partial charge in [-0.05, 0) is 26.3 Å². The van der Waals surface area contributed by atoms with Crippen LogP contribution in [0.5, 0.6) is 0 Å². The van der Waals surface area contributed by atoms with Crippen molar-refractivity contribution in [1.82, 2.24) is 9.80 Å². The molecule has 0 saturated heterocycles. The Bertz CT molecular complexity index is 502. The Kier molecular flexibility index (Phi) is 6.21. The van der Waals surface area contributed by atoms with Crippen LogP contribution in [0, 0.1) is 6.92 Å². The fourth-order valence-corrected chi connectivity index (χ4v) is 2.37. The first-order valence-electron chi connectivity index (χ1n) is 7.14. The maximum absolute atomic E-state index is 12.4. The van der Waals surface area contributed by atoms with E-state index in [2.05, 4.69) is 0 Å². The van der Waals surface area contributed by atoms with Crippen LogP contribution in [0.15, 0.2) is 24.3 Å². The SMILES string of the molecule is CCN(C(=O)N(C)Cc1cccc(C)c1)C(C)CC(=O)O. The van der Waals surface area contributed by atoms with Gasteiger partial charge in [0.05, 0.1) is 6.42 Å². The summed E-state index contributed by atoms with van der Waals surface area (Å²) in [6, 6.07) is 7.54. The molecule has 1 N–H and O–H groups in total. The van der Waals surface area contributed by atoms with Crippen LogP contribution in [0.4, 0.5) is 4.79 Å². The second-order valence-electron chi connectivity index (χ2n) is 5.36. The highest BCUT2D eigenvalue weighted by atomic mass is 16.4. The van der Waals surface area contributed by atoms with Crippen molar-refractivity contribution in [3.63, 3.8) is 0 Å². The van der Waals surface area contributed by atoms with Crippen molar-refractivity contribution in [2.75, 3.05) is 13.6 Å². The summed E-state index contributed by atoms with van der Waals surface area (Å²) in [5.74, 6) is -0.893. The van der Waals surface area contributed by atoms with Crippen LogP contribution in [0.2, 0.25) is 0 Å². The number of aliphatic carboxylic acids is 1. The highest BCUT2D eigenvalue weighted by Gasteiger charge is 2.23. The Labute approximate surface area is 126 Å². The predicted molar refractivity (Wildman–Crippen MR) is 82.1 cm³/mol. The van der Waals surface area contributed by atoms with Gasteiger partial charge in [0.1, 0.15) is 0 Å². The lowest BCUT2D eigenvalue weighted by Crippen LogP contribution is -2.46. The summed E-state index contributed by atoms with van der Waals surface area (Å²) in [7, 11) is 1.74. The molecular formula is C16H24N2O3. The minimum atomic E-state index is -0.893. The number of benzene rings is 1. The van der Waals surface area contributed by atoms with Gasteiger partial charge in [0.15, 0.2) is 0 Å². The molecule has 0 aliphatic carbocycles. The zero-order valence-corrected chi connectivity index (χ0v) is 13.2. The molecule has 1 rings (SSSR count). The monoisotopic (exact) mass is 292 g/mol. The Morgan fingerprint density at radius 1 is 1.33 bits per heavy atom. The molecule has 1 aromatic carbocycles. The summed E-state index contributed by atoms with van der Waals surface area (Å²) in [5, 5.41) is 8.86. The second kappa shape index (κ2) is 7.67. The normalized spacial score (nSPS) is 11.8. The Morgan fingerprint density at radius 3 is 2.52 bits per heavy atom. The predicted octanol–water partition coefficient (Wildman–Crippen LogP) is 2.73. The van der Waals surface area contributed by atoms with Crippen LogP contribution in [-0.4, -0.2) is 46.5 Å². The zero-order chi connectivity index (χ0) is 16.0. The molecule has 0 fully saturated rings. The lowest BCUT2D eigenvalue weighted by Gasteiger charge is -2.31.